The van der Waals surface area contributed by atoms with Crippen LogP contribution in [0.1, 0.15) is 6.42 Å². The highest BCUT2D eigenvalue weighted by Crippen LogP contribution is 2.23. The molecule has 1 atom stereocenters. The first-order chi connectivity index (χ1) is 7.83. The lowest BCUT2D eigenvalue weighted by Gasteiger charge is -2.16. The van der Waals surface area contributed by atoms with Crippen LogP contribution in [-0.4, -0.2) is 32.9 Å². The summed E-state index contributed by atoms with van der Waals surface area (Å²) in [5.74, 6) is 0.995. The van der Waals surface area contributed by atoms with Crippen molar-refractivity contribution in [3.05, 3.63) is 24.5 Å². The van der Waals surface area contributed by atoms with Gasteiger partial charge in [-0.05, 0) is 18.6 Å². The Balaban J connectivity index is 1.99. The predicted octanol–water partition coefficient (Wildman–Crippen LogP) is 2.00. The Morgan fingerprint density at radius 3 is 2.94 bits per heavy atom. The van der Waals surface area contributed by atoms with Gasteiger partial charge >= 0.3 is 0 Å². The zero-order valence-corrected chi connectivity index (χ0v) is 10.3. The van der Waals surface area contributed by atoms with Crippen molar-refractivity contribution in [1.82, 2.24) is 15.0 Å². The number of nitrogens with zero attached hydrogens (tertiary/aromatic N) is 4. The van der Waals surface area contributed by atoms with E-state index >= 15 is 0 Å². The molecule has 0 aromatic carbocycles. The molecule has 3 rings (SSSR count). The van der Waals surface area contributed by atoms with Crippen molar-refractivity contribution < 1.29 is 0 Å². The van der Waals surface area contributed by atoms with E-state index in [0.29, 0.717) is 4.83 Å². The number of pyridine rings is 1. The topological polar surface area (TPSA) is 41.9 Å². The summed E-state index contributed by atoms with van der Waals surface area (Å²) in [5.41, 5.74) is 1.57. The molecule has 0 saturated carbocycles. The van der Waals surface area contributed by atoms with Crippen molar-refractivity contribution in [1.29, 1.82) is 0 Å². The molecule has 1 fully saturated rings. The van der Waals surface area contributed by atoms with Gasteiger partial charge in [0, 0.05) is 30.3 Å². The number of hydrogen-bond acceptors (Lipinski definition) is 4. The Hall–Kier alpha value is -1.23. The van der Waals surface area contributed by atoms with Gasteiger partial charge < -0.3 is 4.90 Å². The summed E-state index contributed by atoms with van der Waals surface area (Å²) in [5, 5.41) is 0. The van der Waals surface area contributed by atoms with Gasteiger partial charge in [-0.3, -0.25) is 4.98 Å². The summed E-state index contributed by atoms with van der Waals surface area (Å²) in [6.07, 6.45) is 4.53. The molecule has 0 bridgehead atoms. The van der Waals surface area contributed by atoms with E-state index in [1.54, 1.807) is 12.4 Å². The Morgan fingerprint density at radius 2 is 2.12 bits per heavy atom. The third kappa shape index (κ3) is 1.75. The van der Waals surface area contributed by atoms with E-state index in [-0.39, 0.29) is 0 Å². The van der Waals surface area contributed by atoms with E-state index in [0.717, 1.165) is 30.1 Å². The number of halogens is 1. The molecule has 82 valence electrons. The van der Waals surface area contributed by atoms with E-state index in [1.807, 2.05) is 12.1 Å². The fourth-order valence-electron chi connectivity index (χ4n) is 1.95. The Morgan fingerprint density at radius 1 is 1.25 bits per heavy atom. The maximum absolute atomic E-state index is 4.52. The number of alkyl halides is 1. The van der Waals surface area contributed by atoms with Crippen molar-refractivity contribution >= 4 is 32.9 Å². The van der Waals surface area contributed by atoms with Crippen LogP contribution in [0.5, 0.6) is 0 Å². The van der Waals surface area contributed by atoms with Gasteiger partial charge in [-0.2, -0.15) is 0 Å². The van der Waals surface area contributed by atoms with Gasteiger partial charge in [0.1, 0.15) is 11.3 Å². The van der Waals surface area contributed by atoms with Crippen LogP contribution in [-0.2, 0) is 0 Å². The van der Waals surface area contributed by atoms with Gasteiger partial charge in [0.15, 0.2) is 5.65 Å². The number of anilines is 1. The Bertz CT molecular complexity index is 516. The van der Waals surface area contributed by atoms with Gasteiger partial charge in [0.25, 0.3) is 0 Å². The minimum Gasteiger partial charge on any atom is -0.355 e. The van der Waals surface area contributed by atoms with E-state index in [1.165, 1.54) is 6.42 Å². The molecule has 0 N–H and O–H groups in total. The molecule has 2 aromatic heterocycles. The fraction of sp³-hybridized carbons (Fsp3) is 0.364. The number of fused-ring (bicyclic) bond motifs is 1. The van der Waals surface area contributed by atoms with Gasteiger partial charge in [-0.25, -0.2) is 9.97 Å². The van der Waals surface area contributed by atoms with Crippen LogP contribution in [0.2, 0.25) is 0 Å². The molecule has 0 aliphatic carbocycles. The van der Waals surface area contributed by atoms with Gasteiger partial charge in [-0.1, -0.05) is 15.9 Å². The van der Waals surface area contributed by atoms with Crippen LogP contribution in [0.3, 0.4) is 0 Å². The van der Waals surface area contributed by atoms with Crippen molar-refractivity contribution in [2.24, 2.45) is 0 Å². The molecule has 16 heavy (non-hydrogen) atoms. The quantitative estimate of drug-likeness (QED) is 0.749. The number of aromatic nitrogens is 3. The normalized spacial score (nSPS) is 20.6. The molecule has 1 aliphatic rings. The SMILES string of the molecule is BrC1CCN(c2ccc3nccnc3n2)C1. The molecule has 3 heterocycles. The van der Waals surface area contributed by atoms with Gasteiger partial charge in [-0.15, -0.1) is 0 Å². The second-order valence-corrected chi connectivity index (χ2v) is 5.20. The molecule has 4 nitrogen and oxygen atoms in total. The Kier molecular flexibility index (Phi) is 2.47. The van der Waals surface area contributed by atoms with Crippen molar-refractivity contribution in [3.8, 4) is 0 Å². The summed E-state index contributed by atoms with van der Waals surface area (Å²) in [6, 6.07) is 3.99. The molecule has 0 radical (unpaired) electrons. The average Bonchev–Trinajstić information content (AvgIpc) is 2.75. The van der Waals surface area contributed by atoms with Crippen molar-refractivity contribution in [3.63, 3.8) is 0 Å². The van der Waals surface area contributed by atoms with E-state index < -0.39 is 0 Å². The summed E-state index contributed by atoms with van der Waals surface area (Å²) in [4.78, 5) is 15.8. The minimum atomic E-state index is 0.576. The zero-order valence-electron chi connectivity index (χ0n) is 8.67. The standard InChI is InChI=1S/C11H11BrN4/c12-8-3-6-16(7-8)10-2-1-9-11(15-10)14-5-4-13-9/h1-2,4-5,8H,3,6-7H2. The minimum absolute atomic E-state index is 0.576. The second kappa shape index (κ2) is 3.97. The summed E-state index contributed by atoms with van der Waals surface area (Å²) in [6.45, 7) is 2.06. The zero-order chi connectivity index (χ0) is 11.0. The maximum Gasteiger partial charge on any atom is 0.180 e. The van der Waals surface area contributed by atoms with E-state index in [2.05, 4.69) is 35.8 Å². The molecule has 0 spiro atoms. The predicted molar refractivity (Wildman–Crippen MR) is 66.9 cm³/mol. The van der Waals surface area contributed by atoms with Gasteiger partial charge in [0.05, 0.1) is 0 Å². The lowest BCUT2D eigenvalue weighted by molar-refractivity contribution is 0.941. The smallest absolute Gasteiger partial charge is 0.180 e. The molecule has 0 amide bonds. The van der Waals surface area contributed by atoms with Crippen LogP contribution in [0, 0.1) is 0 Å². The summed E-state index contributed by atoms with van der Waals surface area (Å²) < 4.78 is 0. The van der Waals surface area contributed by atoms with Crippen LogP contribution >= 0.6 is 15.9 Å². The largest absolute Gasteiger partial charge is 0.355 e. The second-order valence-electron chi connectivity index (χ2n) is 3.90. The number of rotatable bonds is 1. The third-order valence-corrected chi connectivity index (χ3v) is 3.52. The summed E-state index contributed by atoms with van der Waals surface area (Å²) in [7, 11) is 0. The summed E-state index contributed by atoms with van der Waals surface area (Å²) >= 11 is 3.63. The highest BCUT2D eigenvalue weighted by atomic mass is 79.9. The van der Waals surface area contributed by atoms with E-state index in [9.17, 15) is 0 Å². The average molecular weight is 279 g/mol. The molecular formula is C11H11BrN4. The van der Waals surface area contributed by atoms with Crippen LogP contribution in [0.4, 0.5) is 5.82 Å². The molecular weight excluding hydrogens is 268 g/mol. The maximum atomic E-state index is 4.52. The number of hydrogen-bond donors (Lipinski definition) is 0. The first-order valence-electron chi connectivity index (χ1n) is 5.30. The highest BCUT2D eigenvalue weighted by molar-refractivity contribution is 9.09. The van der Waals surface area contributed by atoms with Crippen molar-refractivity contribution in [2.45, 2.75) is 11.2 Å². The van der Waals surface area contributed by atoms with Gasteiger partial charge in [0.2, 0.25) is 0 Å². The Labute approximate surface area is 102 Å². The monoisotopic (exact) mass is 278 g/mol. The van der Waals surface area contributed by atoms with Crippen LogP contribution < -0.4 is 4.90 Å². The highest BCUT2D eigenvalue weighted by Gasteiger charge is 2.21. The lowest BCUT2D eigenvalue weighted by atomic mass is 10.4. The van der Waals surface area contributed by atoms with Crippen molar-refractivity contribution in [2.75, 3.05) is 18.0 Å². The lowest BCUT2D eigenvalue weighted by Crippen LogP contribution is -2.20. The van der Waals surface area contributed by atoms with Crippen LogP contribution in [0.25, 0.3) is 11.2 Å². The fourth-order valence-corrected chi connectivity index (χ4v) is 2.50. The molecule has 1 saturated heterocycles. The first kappa shape index (κ1) is 9.96. The molecule has 1 aliphatic heterocycles. The molecule has 2 aromatic rings. The third-order valence-electron chi connectivity index (χ3n) is 2.77. The molecule has 5 heteroatoms. The van der Waals surface area contributed by atoms with Crippen LogP contribution in [0.15, 0.2) is 24.5 Å². The van der Waals surface area contributed by atoms with E-state index in [4.69, 9.17) is 0 Å². The first-order valence-corrected chi connectivity index (χ1v) is 6.21. The molecule has 1 unspecified atom stereocenters.